The molecule has 0 heterocycles. The molecule has 3 N–H and O–H groups in total. The number of rotatable bonds is 6. The van der Waals surface area contributed by atoms with E-state index >= 15 is 0 Å². The van der Waals surface area contributed by atoms with Crippen LogP contribution in [0.2, 0.25) is 0 Å². The fourth-order valence-electron chi connectivity index (χ4n) is 0.942. The van der Waals surface area contributed by atoms with Gasteiger partial charge in [-0.2, -0.15) is 11.8 Å². The van der Waals surface area contributed by atoms with Gasteiger partial charge in [-0.15, -0.1) is 0 Å². The van der Waals surface area contributed by atoms with E-state index in [-0.39, 0.29) is 0 Å². The van der Waals surface area contributed by atoms with E-state index in [1.807, 2.05) is 25.9 Å². The Morgan fingerprint density at radius 1 is 1.08 bits per heavy atom. The molecule has 3 nitrogen and oxygen atoms in total. The zero-order valence-electron chi connectivity index (χ0n) is 8.64. The first kappa shape index (κ1) is 12.2. The highest BCUT2D eigenvalue weighted by Crippen LogP contribution is 2.07. The largest absolute Gasteiger partial charge is 0.305 e. The molecule has 0 bridgehead atoms. The highest BCUT2D eigenvalue weighted by atomic mass is 32.2. The predicted molar refractivity (Wildman–Crippen MR) is 57.5 cm³/mol. The zero-order chi connectivity index (χ0) is 9.56. The topological polar surface area (TPSA) is 36.1 Å². The van der Waals surface area contributed by atoms with Crippen LogP contribution in [-0.2, 0) is 0 Å². The zero-order valence-corrected chi connectivity index (χ0v) is 9.46. The molecule has 74 valence electrons. The second kappa shape index (κ2) is 6.71. The summed E-state index contributed by atoms with van der Waals surface area (Å²) < 4.78 is 0. The second-order valence-electron chi connectivity index (χ2n) is 2.88. The van der Waals surface area contributed by atoms with Crippen LogP contribution in [-0.4, -0.2) is 37.9 Å². The molecule has 0 aliphatic heterocycles. The lowest BCUT2D eigenvalue weighted by molar-refractivity contribution is 0.373. The molecule has 0 aliphatic rings. The fraction of sp³-hybridized carbons (Fsp3) is 1.00. The van der Waals surface area contributed by atoms with Crippen molar-refractivity contribution in [1.82, 2.24) is 16.0 Å². The third kappa shape index (κ3) is 4.30. The third-order valence-corrected chi connectivity index (χ3v) is 3.03. The van der Waals surface area contributed by atoms with E-state index in [0.29, 0.717) is 17.6 Å². The number of hydrogen-bond acceptors (Lipinski definition) is 4. The van der Waals surface area contributed by atoms with Crippen LogP contribution in [0.1, 0.15) is 13.8 Å². The number of hydrogen-bond donors (Lipinski definition) is 3. The fourth-order valence-corrected chi connectivity index (χ4v) is 1.43. The first-order valence-electron chi connectivity index (χ1n) is 4.29. The molecule has 0 amide bonds. The molecule has 0 radical (unpaired) electrons. The first-order chi connectivity index (χ1) is 5.65. The average molecular weight is 191 g/mol. The number of thioether (sulfide) groups is 1. The van der Waals surface area contributed by atoms with Gasteiger partial charge in [0.15, 0.2) is 0 Å². The molecule has 0 spiro atoms. The molecule has 0 saturated carbocycles. The molecule has 0 rings (SSSR count). The Balaban J connectivity index is 3.81. The molecule has 3 atom stereocenters. The SMILES string of the molecule is CNC(C)NC(NC)C(C)SC. The van der Waals surface area contributed by atoms with Gasteiger partial charge in [0.05, 0.1) is 12.3 Å². The van der Waals surface area contributed by atoms with Crippen molar-refractivity contribution in [3.63, 3.8) is 0 Å². The summed E-state index contributed by atoms with van der Waals surface area (Å²) in [4.78, 5) is 0. The van der Waals surface area contributed by atoms with Crippen LogP contribution in [0.3, 0.4) is 0 Å². The lowest BCUT2D eigenvalue weighted by Gasteiger charge is -2.26. The summed E-state index contributed by atoms with van der Waals surface area (Å²) in [5.41, 5.74) is 0. The van der Waals surface area contributed by atoms with Gasteiger partial charge in [0.2, 0.25) is 0 Å². The first-order valence-corrected chi connectivity index (χ1v) is 5.57. The lowest BCUT2D eigenvalue weighted by atomic mass is 10.3. The van der Waals surface area contributed by atoms with Crippen molar-refractivity contribution >= 4 is 11.8 Å². The molecule has 0 fully saturated rings. The standard InChI is InChI=1S/C8H21N3S/c1-6(12-5)8(10-4)11-7(2)9-3/h6-11H,1-5H3. The third-order valence-electron chi connectivity index (χ3n) is 2.01. The van der Waals surface area contributed by atoms with Gasteiger partial charge in [0.25, 0.3) is 0 Å². The molecule has 12 heavy (non-hydrogen) atoms. The highest BCUT2D eigenvalue weighted by Gasteiger charge is 2.14. The van der Waals surface area contributed by atoms with Gasteiger partial charge in [-0.3, -0.25) is 5.32 Å². The van der Waals surface area contributed by atoms with Crippen LogP contribution >= 0.6 is 11.8 Å². The Bertz CT molecular complexity index is 110. The van der Waals surface area contributed by atoms with Crippen molar-refractivity contribution in [1.29, 1.82) is 0 Å². The van der Waals surface area contributed by atoms with Gasteiger partial charge in [-0.05, 0) is 27.3 Å². The number of nitrogens with one attached hydrogen (secondary N) is 3. The maximum Gasteiger partial charge on any atom is 0.0700 e. The molecule has 0 aromatic heterocycles. The van der Waals surface area contributed by atoms with Gasteiger partial charge in [-0.1, -0.05) is 6.92 Å². The molecular formula is C8H21N3S. The van der Waals surface area contributed by atoms with Crippen molar-refractivity contribution in [2.24, 2.45) is 0 Å². The smallest absolute Gasteiger partial charge is 0.0700 e. The Morgan fingerprint density at radius 2 is 1.67 bits per heavy atom. The normalized spacial score (nSPS) is 18.8. The van der Waals surface area contributed by atoms with Crippen LogP contribution in [0.25, 0.3) is 0 Å². The van der Waals surface area contributed by atoms with Gasteiger partial charge < -0.3 is 10.6 Å². The van der Waals surface area contributed by atoms with Crippen LogP contribution in [0, 0.1) is 0 Å². The molecule has 4 heteroatoms. The van der Waals surface area contributed by atoms with Crippen LogP contribution in [0.15, 0.2) is 0 Å². The van der Waals surface area contributed by atoms with Crippen molar-refractivity contribution in [2.45, 2.75) is 31.4 Å². The van der Waals surface area contributed by atoms with E-state index < -0.39 is 0 Å². The van der Waals surface area contributed by atoms with Crippen LogP contribution < -0.4 is 16.0 Å². The predicted octanol–water partition coefficient (Wildman–Crippen LogP) is 0.438. The Labute approximate surface area is 80.1 Å². The van der Waals surface area contributed by atoms with E-state index in [1.54, 1.807) is 0 Å². The van der Waals surface area contributed by atoms with Crippen molar-refractivity contribution in [3.8, 4) is 0 Å². The molecular weight excluding hydrogens is 170 g/mol. The quantitative estimate of drug-likeness (QED) is 0.532. The minimum atomic E-state index is 0.344. The van der Waals surface area contributed by atoms with E-state index in [1.165, 1.54) is 0 Å². The summed E-state index contributed by atoms with van der Waals surface area (Å²) in [6.45, 7) is 4.32. The van der Waals surface area contributed by atoms with Crippen molar-refractivity contribution in [3.05, 3.63) is 0 Å². The average Bonchev–Trinajstić information content (AvgIpc) is 2.12. The molecule has 0 aromatic carbocycles. The van der Waals surface area contributed by atoms with E-state index in [4.69, 9.17) is 0 Å². The van der Waals surface area contributed by atoms with Gasteiger partial charge >= 0.3 is 0 Å². The van der Waals surface area contributed by atoms with Gasteiger partial charge in [0, 0.05) is 5.25 Å². The maximum atomic E-state index is 3.42. The minimum Gasteiger partial charge on any atom is -0.305 e. The van der Waals surface area contributed by atoms with Crippen LogP contribution in [0.4, 0.5) is 0 Å². The summed E-state index contributed by atoms with van der Waals surface area (Å²) in [6, 6.07) is 0. The van der Waals surface area contributed by atoms with E-state index in [0.717, 1.165) is 0 Å². The minimum absolute atomic E-state index is 0.344. The Hall–Kier alpha value is 0.230. The highest BCUT2D eigenvalue weighted by molar-refractivity contribution is 7.99. The lowest BCUT2D eigenvalue weighted by Crippen LogP contribution is -2.53. The second-order valence-corrected chi connectivity index (χ2v) is 4.10. The summed E-state index contributed by atoms with van der Waals surface area (Å²) in [5.74, 6) is 0. The summed E-state index contributed by atoms with van der Waals surface area (Å²) >= 11 is 1.86. The van der Waals surface area contributed by atoms with E-state index in [9.17, 15) is 0 Å². The monoisotopic (exact) mass is 191 g/mol. The van der Waals surface area contributed by atoms with Gasteiger partial charge in [0.1, 0.15) is 0 Å². The molecule has 0 aromatic rings. The molecule has 0 saturated heterocycles. The Morgan fingerprint density at radius 3 is 2.00 bits per heavy atom. The summed E-state index contributed by atoms with van der Waals surface area (Å²) in [7, 11) is 3.93. The van der Waals surface area contributed by atoms with E-state index in [2.05, 4.69) is 36.1 Å². The molecule has 3 unspecified atom stereocenters. The maximum absolute atomic E-state index is 3.42. The Kier molecular flexibility index (Phi) is 6.84. The van der Waals surface area contributed by atoms with Crippen molar-refractivity contribution < 1.29 is 0 Å². The van der Waals surface area contributed by atoms with Crippen molar-refractivity contribution in [2.75, 3.05) is 20.4 Å². The van der Waals surface area contributed by atoms with Gasteiger partial charge in [-0.25, -0.2) is 0 Å². The molecule has 0 aliphatic carbocycles. The van der Waals surface area contributed by atoms with Crippen LogP contribution in [0.5, 0.6) is 0 Å². The summed E-state index contributed by atoms with van der Waals surface area (Å²) in [5, 5.41) is 10.4. The summed E-state index contributed by atoms with van der Waals surface area (Å²) in [6.07, 6.45) is 2.83.